The highest BCUT2D eigenvalue weighted by atomic mass is 19.2. The molecule has 7 heteroatoms. The number of pyridine rings is 1. The number of fused-ring (bicyclic) bond motifs is 1. The molecule has 0 aliphatic heterocycles. The van der Waals surface area contributed by atoms with Crippen LogP contribution in [0.15, 0.2) is 18.2 Å². The van der Waals surface area contributed by atoms with Crippen molar-refractivity contribution < 1.29 is 27.0 Å². The van der Waals surface area contributed by atoms with Gasteiger partial charge in [0.15, 0.2) is 17.4 Å². The zero-order chi connectivity index (χ0) is 27.6. The SMILES string of the molecule is CCCCCCC(F)COC1CCc2cc(-c3ccc(OCCCCCCC4CC4)c(F)n3)c(F)c(F)c2C1. The second kappa shape index (κ2) is 15.0. The Morgan fingerprint density at radius 1 is 0.949 bits per heavy atom. The fourth-order valence-corrected chi connectivity index (χ4v) is 5.41. The summed E-state index contributed by atoms with van der Waals surface area (Å²) in [6.07, 6.45) is 12.7. The van der Waals surface area contributed by atoms with Crippen molar-refractivity contribution in [2.24, 2.45) is 5.92 Å². The molecule has 2 aliphatic carbocycles. The number of alkyl halides is 1. The predicted molar refractivity (Wildman–Crippen MR) is 146 cm³/mol. The maximum absolute atomic E-state index is 15.1. The summed E-state index contributed by atoms with van der Waals surface area (Å²) in [4.78, 5) is 3.88. The van der Waals surface area contributed by atoms with Gasteiger partial charge in [-0.15, -0.1) is 0 Å². The number of ether oxygens (including phenoxy) is 2. The maximum atomic E-state index is 15.1. The molecule has 0 saturated heterocycles. The standard InChI is InChI=1S/C32H43F4NO2/c1-2-3-4-8-11-24(33)21-39-25-15-14-23-19-27(31(35)30(34)26(23)20-25)28-16-17-29(32(36)37-28)38-18-9-6-5-7-10-22-12-13-22/h16-17,19,22,24-25H,2-15,18,20-21H2,1H3. The van der Waals surface area contributed by atoms with Crippen LogP contribution < -0.4 is 4.74 Å². The molecule has 1 aromatic heterocycles. The molecule has 4 rings (SSSR count). The average molecular weight is 550 g/mol. The molecule has 0 N–H and O–H groups in total. The van der Waals surface area contributed by atoms with E-state index in [4.69, 9.17) is 9.47 Å². The molecule has 2 unspecified atom stereocenters. The summed E-state index contributed by atoms with van der Waals surface area (Å²) < 4.78 is 70.3. The van der Waals surface area contributed by atoms with Crippen LogP contribution in [0.4, 0.5) is 17.6 Å². The molecule has 1 heterocycles. The Labute approximate surface area is 230 Å². The maximum Gasteiger partial charge on any atom is 0.255 e. The highest BCUT2D eigenvalue weighted by Gasteiger charge is 2.28. The second-order valence-electron chi connectivity index (χ2n) is 11.3. The summed E-state index contributed by atoms with van der Waals surface area (Å²) in [6.45, 7) is 2.49. The summed E-state index contributed by atoms with van der Waals surface area (Å²) in [5.41, 5.74) is 0.872. The average Bonchev–Trinajstić information content (AvgIpc) is 3.77. The Balaban J connectivity index is 1.29. The minimum absolute atomic E-state index is 0.0205. The number of aromatic nitrogens is 1. The van der Waals surface area contributed by atoms with Crippen molar-refractivity contribution >= 4 is 0 Å². The van der Waals surface area contributed by atoms with Crippen LogP contribution in [0.25, 0.3) is 11.3 Å². The molecule has 0 amide bonds. The number of unbranched alkanes of at least 4 members (excludes halogenated alkanes) is 6. The second-order valence-corrected chi connectivity index (χ2v) is 11.3. The van der Waals surface area contributed by atoms with E-state index in [0.717, 1.165) is 50.9 Å². The lowest BCUT2D eigenvalue weighted by Crippen LogP contribution is -2.27. The highest BCUT2D eigenvalue weighted by molar-refractivity contribution is 5.63. The van der Waals surface area contributed by atoms with E-state index < -0.39 is 23.8 Å². The van der Waals surface area contributed by atoms with Gasteiger partial charge >= 0.3 is 0 Å². The smallest absolute Gasteiger partial charge is 0.255 e. The fraction of sp³-hybridized carbons (Fsp3) is 0.656. The van der Waals surface area contributed by atoms with Crippen LogP contribution in [0.1, 0.15) is 102 Å². The van der Waals surface area contributed by atoms with E-state index in [1.54, 1.807) is 6.07 Å². The number of hydrogen-bond acceptors (Lipinski definition) is 3. The van der Waals surface area contributed by atoms with Gasteiger partial charge in [0.25, 0.3) is 5.95 Å². The first-order valence-corrected chi connectivity index (χ1v) is 15.0. The van der Waals surface area contributed by atoms with Crippen molar-refractivity contribution in [3.63, 3.8) is 0 Å². The summed E-state index contributed by atoms with van der Waals surface area (Å²) >= 11 is 0. The zero-order valence-corrected chi connectivity index (χ0v) is 23.3. The van der Waals surface area contributed by atoms with E-state index in [1.165, 1.54) is 37.8 Å². The van der Waals surface area contributed by atoms with Crippen molar-refractivity contribution in [3.05, 3.63) is 46.9 Å². The van der Waals surface area contributed by atoms with Gasteiger partial charge in [0.2, 0.25) is 0 Å². The van der Waals surface area contributed by atoms with Gasteiger partial charge in [-0.2, -0.15) is 4.39 Å². The molecule has 2 atom stereocenters. The molecule has 3 nitrogen and oxygen atoms in total. The quantitative estimate of drug-likeness (QED) is 0.112. The van der Waals surface area contributed by atoms with Gasteiger partial charge in [-0.05, 0) is 60.9 Å². The lowest BCUT2D eigenvalue weighted by molar-refractivity contribution is 0.00865. The molecule has 1 aromatic carbocycles. The first kappa shape index (κ1) is 29.8. The Kier molecular flexibility index (Phi) is 11.5. The number of aryl methyl sites for hydroxylation is 1. The van der Waals surface area contributed by atoms with Crippen molar-refractivity contribution in [1.82, 2.24) is 4.98 Å². The molecule has 0 radical (unpaired) electrons. The molecule has 39 heavy (non-hydrogen) atoms. The normalized spacial score (nSPS) is 17.7. The van der Waals surface area contributed by atoms with Gasteiger partial charge < -0.3 is 9.47 Å². The summed E-state index contributed by atoms with van der Waals surface area (Å²) in [5.74, 6) is -1.88. The topological polar surface area (TPSA) is 31.4 Å². The lowest BCUT2D eigenvalue weighted by Gasteiger charge is -2.26. The third-order valence-electron chi connectivity index (χ3n) is 8.00. The molecule has 0 bridgehead atoms. The highest BCUT2D eigenvalue weighted by Crippen LogP contribution is 2.35. The van der Waals surface area contributed by atoms with Crippen LogP contribution in [-0.2, 0) is 17.6 Å². The van der Waals surface area contributed by atoms with Crippen molar-refractivity contribution in [2.45, 2.75) is 116 Å². The third kappa shape index (κ3) is 8.92. The van der Waals surface area contributed by atoms with E-state index in [2.05, 4.69) is 11.9 Å². The summed E-state index contributed by atoms with van der Waals surface area (Å²) in [7, 11) is 0. The van der Waals surface area contributed by atoms with E-state index in [-0.39, 0.29) is 41.7 Å². The lowest BCUT2D eigenvalue weighted by atomic mass is 9.87. The summed E-state index contributed by atoms with van der Waals surface area (Å²) in [6, 6.07) is 4.45. The molecular formula is C32H43F4NO2. The largest absolute Gasteiger partial charge is 0.489 e. The van der Waals surface area contributed by atoms with Crippen LogP contribution >= 0.6 is 0 Å². The molecule has 1 saturated carbocycles. The number of benzene rings is 1. The molecule has 216 valence electrons. The van der Waals surface area contributed by atoms with Gasteiger partial charge in [-0.25, -0.2) is 18.2 Å². The van der Waals surface area contributed by atoms with Gasteiger partial charge in [0.05, 0.1) is 25.0 Å². The van der Waals surface area contributed by atoms with Crippen LogP contribution in [0.3, 0.4) is 0 Å². The molecular weight excluding hydrogens is 506 g/mol. The number of hydrogen-bond donors (Lipinski definition) is 0. The third-order valence-corrected chi connectivity index (χ3v) is 8.00. The van der Waals surface area contributed by atoms with Crippen molar-refractivity contribution in [3.8, 4) is 17.0 Å². The van der Waals surface area contributed by atoms with E-state index in [0.29, 0.717) is 31.4 Å². The Hall–Kier alpha value is -2.15. The first-order chi connectivity index (χ1) is 19.0. The molecule has 2 aromatic rings. The number of halogens is 4. The Morgan fingerprint density at radius 2 is 1.74 bits per heavy atom. The van der Waals surface area contributed by atoms with Crippen LogP contribution in [0, 0.1) is 23.5 Å². The molecule has 1 fully saturated rings. The van der Waals surface area contributed by atoms with Gasteiger partial charge in [0, 0.05) is 12.0 Å². The minimum Gasteiger partial charge on any atom is -0.489 e. The predicted octanol–water partition coefficient (Wildman–Crippen LogP) is 9.09. The summed E-state index contributed by atoms with van der Waals surface area (Å²) in [5, 5.41) is 0. The molecule has 2 aliphatic rings. The minimum atomic E-state index is -1.06. The van der Waals surface area contributed by atoms with Crippen LogP contribution in [-0.4, -0.2) is 30.5 Å². The van der Waals surface area contributed by atoms with E-state index >= 15 is 8.78 Å². The van der Waals surface area contributed by atoms with Gasteiger partial charge in [0.1, 0.15) is 6.17 Å². The van der Waals surface area contributed by atoms with Crippen LogP contribution in [0.5, 0.6) is 5.75 Å². The van der Waals surface area contributed by atoms with Crippen molar-refractivity contribution in [1.29, 1.82) is 0 Å². The zero-order valence-electron chi connectivity index (χ0n) is 23.3. The van der Waals surface area contributed by atoms with Gasteiger partial charge in [-0.3, -0.25) is 0 Å². The Morgan fingerprint density at radius 3 is 2.51 bits per heavy atom. The number of nitrogens with zero attached hydrogens (tertiary/aromatic N) is 1. The first-order valence-electron chi connectivity index (χ1n) is 15.0. The van der Waals surface area contributed by atoms with E-state index in [1.807, 2.05) is 0 Å². The van der Waals surface area contributed by atoms with E-state index in [9.17, 15) is 8.78 Å². The monoisotopic (exact) mass is 549 g/mol. The Bertz CT molecular complexity index is 1060. The van der Waals surface area contributed by atoms with Crippen molar-refractivity contribution in [2.75, 3.05) is 13.2 Å². The molecule has 0 spiro atoms. The fourth-order valence-electron chi connectivity index (χ4n) is 5.41. The number of rotatable bonds is 17. The van der Waals surface area contributed by atoms with Gasteiger partial charge in [-0.1, -0.05) is 71.1 Å². The van der Waals surface area contributed by atoms with Crippen LogP contribution in [0.2, 0.25) is 0 Å².